The largest absolute Gasteiger partial charge is 0.477 e. The van der Waals surface area contributed by atoms with E-state index in [2.05, 4.69) is 22.1 Å². The van der Waals surface area contributed by atoms with Gasteiger partial charge in [-0.05, 0) is 13.1 Å². The van der Waals surface area contributed by atoms with Crippen molar-refractivity contribution < 1.29 is 9.90 Å². The van der Waals surface area contributed by atoms with E-state index in [9.17, 15) is 4.79 Å². The molecule has 3 N–H and O–H groups in total. The molecular weight excluding hydrogens is 168 g/mol. The molecule has 0 fully saturated rings. The highest BCUT2D eigenvalue weighted by atomic mass is 16.4. The van der Waals surface area contributed by atoms with E-state index in [-0.39, 0.29) is 5.69 Å². The smallest absolute Gasteiger partial charge is 0.352 e. The number of carboxylic acids is 1. The normalized spacial score (nSPS) is 9.00. The van der Waals surface area contributed by atoms with E-state index in [4.69, 9.17) is 5.11 Å². The molecule has 4 heteroatoms. The van der Waals surface area contributed by atoms with Gasteiger partial charge < -0.3 is 15.4 Å². The third-order valence-electron chi connectivity index (χ3n) is 1.41. The van der Waals surface area contributed by atoms with Gasteiger partial charge in [-0.25, -0.2) is 4.79 Å². The number of aromatic amines is 1. The third-order valence-corrected chi connectivity index (χ3v) is 1.41. The van der Waals surface area contributed by atoms with Crippen LogP contribution < -0.4 is 5.32 Å². The maximum Gasteiger partial charge on any atom is 0.352 e. The predicted molar refractivity (Wildman–Crippen MR) is 48.6 cm³/mol. The molecule has 0 atom stereocenters. The zero-order chi connectivity index (χ0) is 9.68. The van der Waals surface area contributed by atoms with Crippen LogP contribution in [-0.2, 0) is 0 Å². The van der Waals surface area contributed by atoms with Crippen LogP contribution in [0.4, 0.5) is 0 Å². The lowest BCUT2D eigenvalue weighted by molar-refractivity contribution is 0.0691. The molecule has 1 aromatic heterocycles. The van der Waals surface area contributed by atoms with Crippen molar-refractivity contribution in [1.29, 1.82) is 0 Å². The number of rotatable bonds is 2. The highest BCUT2D eigenvalue weighted by Gasteiger charge is 2.03. The average molecular weight is 178 g/mol. The van der Waals surface area contributed by atoms with Gasteiger partial charge in [0.05, 0.1) is 6.54 Å². The number of carboxylic acid groups (broad SMARTS) is 1. The Morgan fingerprint density at radius 3 is 3.08 bits per heavy atom. The van der Waals surface area contributed by atoms with Gasteiger partial charge in [0.2, 0.25) is 0 Å². The fourth-order valence-electron chi connectivity index (χ4n) is 0.825. The molecule has 0 aromatic carbocycles. The predicted octanol–water partition coefficient (Wildman–Crippen LogP) is 0.284. The van der Waals surface area contributed by atoms with Crippen LogP contribution in [0.15, 0.2) is 12.3 Å². The summed E-state index contributed by atoms with van der Waals surface area (Å²) in [5.74, 6) is 4.67. The first-order valence-corrected chi connectivity index (χ1v) is 3.79. The van der Waals surface area contributed by atoms with Crippen molar-refractivity contribution in [3.8, 4) is 11.8 Å². The van der Waals surface area contributed by atoms with Crippen molar-refractivity contribution in [3.05, 3.63) is 23.5 Å². The monoisotopic (exact) mass is 178 g/mol. The van der Waals surface area contributed by atoms with Gasteiger partial charge in [0.25, 0.3) is 0 Å². The number of nitrogens with one attached hydrogen (secondary N) is 2. The highest BCUT2D eigenvalue weighted by Crippen LogP contribution is 2.00. The average Bonchev–Trinajstić information content (AvgIpc) is 2.53. The Bertz CT molecular complexity index is 357. The molecule has 0 unspecified atom stereocenters. The number of aromatic nitrogens is 1. The summed E-state index contributed by atoms with van der Waals surface area (Å²) >= 11 is 0. The molecule has 0 aliphatic heterocycles. The Kier molecular flexibility index (Phi) is 3.12. The second-order valence-corrected chi connectivity index (χ2v) is 2.44. The maximum absolute atomic E-state index is 10.5. The number of aromatic carboxylic acids is 1. The number of carbonyl (C=O) groups is 1. The fourth-order valence-corrected chi connectivity index (χ4v) is 0.825. The van der Waals surface area contributed by atoms with Crippen LogP contribution in [-0.4, -0.2) is 29.7 Å². The van der Waals surface area contributed by atoms with Crippen LogP contribution in [0.3, 0.4) is 0 Å². The molecule has 1 heterocycles. The Balaban J connectivity index is 2.71. The van der Waals surface area contributed by atoms with Crippen LogP contribution >= 0.6 is 0 Å². The summed E-state index contributed by atoms with van der Waals surface area (Å²) in [6.45, 7) is 0.591. The van der Waals surface area contributed by atoms with E-state index in [1.807, 2.05) is 0 Å². The molecule has 0 aliphatic rings. The SMILES string of the molecule is CNCC#Cc1c[nH]c(C(=O)O)c1. The van der Waals surface area contributed by atoms with Crippen molar-refractivity contribution in [2.45, 2.75) is 0 Å². The summed E-state index contributed by atoms with van der Waals surface area (Å²) in [7, 11) is 1.80. The molecule has 1 rings (SSSR count). The van der Waals surface area contributed by atoms with E-state index in [1.165, 1.54) is 6.07 Å². The minimum Gasteiger partial charge on any atom is -0.477 e. The first-order chi connectivity index (χ1) is 6.24. The van der Waals surface area contributed by atoms with Gasteiger partial charge in [0.1, 0.15) is 5.69 Å². The maximum atomic E-state index is 10.5. The van der Waals surface area contributed by atoms with Crippen molar-refractivity contribution in [1.82, 2.24) is 10.3 Å². The highest BCUT2D eigenvalue weighted by molar-refractivity contribution is 5.86. The summed E-state index contributed by atoms with van der Waals surface area (Å²) in [6.07, 6.45) is 1.58. The number of hydrogen-bond donors (Lipinski definition) is 3. The molecule has 1 aromatic rings. The molecule has 0 saturated carbocycles. The van der Waals surface area contributed by atoms with Gasteiger partial charge >= 0.3 is 5.97 Å². The Labute approximate surface area is 76.0 Å². The van der Waals surface area contributed by atoms with Crippen LogP contribution in [0.5, 0.6) is 0 Å². The second-order valence-electron chi connectivity index (χ2n) is 2.44. The minimum atomic E-state index is -0.971. The van der Waals surface area contributed by atoms with Crippen LogP contribution in [0, 0.1) is 11.8 Å². The molecule has 0 saturated heterocycles. The van der Waals surface area contributed by atoms with Crippen LogP contribution in [0.2, 0.25) is 0 Å². The van der Waals surface area contributed by atoms with Crippen LogP contribution in [0.1, 0.15) is 16.1 Å². The summed E-state index contributed by atoms with van der Waals surface area (Å²) < 4.78 is 0. The molecule has 13 heavy (non-hydrogen) atoms. The van der Waals surface area contributed by atoms with Gasteiger partial charge in [-0.2, -0.15) is 0 Å². The standard InChI is InChI=1S/C9H10N2O2/c1-10-4-2-3-7-5-8(9(12)13)11-6-7/h5-6,10-11H,4H2,1H3,(H,12,13). The summed E-state index contributed by atoms with van der Waals surface area (Å²) in [4.78, 5) is 13.1. The van der Waals surface area contributed by atoms with Gasteiger partial charge in [0.15, 0.2) is 0 Å². The summed E-state index contributed by atoms with van der Waals surface area (Å²) in [5.41, 5.74) is 0.849. The zero-order valence-corrected chi connectivity index (χ0v) is 7.22. The number of H-pyrrole nitrogens is 1. The molecular formula is C9H10N2O2. The third kappa shape index (κ3) is 2.65. The van der Waals surface area contributed by atoms with Gasteiger partial charge in [-0.3, -0.25) is 0 Å². The lowest BCUT2D eigenvalue weighted by atomic mass is 10.3. The van der Waals surface area contributed by atoms with Gasteiger partial charge in [-0.1, -0.05) is 11.8 Å². The van der Waals surface area contributed by atoms with E-state index in [0.29, 0.717) is 12.1 Å². The zero-order valence-electron chi connectivity index (χ0n) is 7.22. The minimum absolute atomic E-state index is 0.161. The fraction of sp³-hybridized carbons (Fsp3) is 0.222. The van der Waals surface area contributed by atoms with Crippen molar-refractivity contribution in [2.75, 3.05) is 13.6 Å². The van der Waals surface area contributed by atoms with E-state index < -0.39 is 5.97 Å². The van der Waals surface area contributed by atoms with E-state index in [0.717, 1.165) is 0 Å². The first kappa shape index (κ1) is 9.36. The first-order valence-electron chi connectivity index (χ1n) is 3.79. The quantitative estimate of drug-likeness (QED) is 0.570. The Morgan fingerprint density at radius 2 is 2.54 bits per heavy atom. The van der Waals surface area contributed by atoms with Crippen LogP contribution in [0.25, 0.3) is 0 Å². The van der Waals surface area contributed by atoms with E-state index >= 15 is 0 Å². The lowest BCUT2D eigenvalue weighted by Crippen LogP contribution is -2.04. The molecule has 0 bridgehead atoms. The second kappa shape index (κ2) is 4.33. The van der Waals surface area contributed by atoms with Gasteiger partial charge in [0, 0.05) is 11.8 Å². The Hall–Kier alpha value is -1.73. The Morgan fingerprint density at radius 1 is 1.77 bits per heavy atom. The topological polar surface area (TPSA) is 65.1 Å². The van der Waals surface area contributed by atoms with Crippen molar-refractivity contribution in [3.63, 3.8) is 0 Å². The van der Waals surface area contributed by atoms with Crippen molar-refractivity contribution >= 4 is 5.97 Å². The summed E-state index contributed by atoms with van der Waals surface area (Å²) in [5, 5.41) is 11.4. The van der Waals surface area contributed by atoms with Crippen molar-refractivity contribution in [2.24, 2.45) is 0 Å². The molecule has 0 aliphatic carbocycles. The summed E-state index contributed by atoms with van der Waals surface area (Å²) in [6, 6.07) is 1.50. The molecule has 4 nitrogen and oxygen atoms in total. The molecule has 0 amide bonds. The van der Waals surface area contributed by atoms with Gasteiger partial charge in [-0.15, -0.1) is 0 Å². The van der Waals surface area contributed by atoms with E-state index in [1.54, 1.807) is 13.2 Å². The molecule has 0 spiro atoms. The molecule has 0 radical (unpaired) electrons. The molecule has 68 valence electrons. The lowest BCUT2D eigenvalue weighted by Gasteiger charge is -1.82. The number of hydrogen-bond acceptors (Lipinski definition) is 2.